The van der Waals surface area contributed by atoms with E-state index >= 15 is 0 Å². The van der Waals surface area contributed by atoms with Crippen LogP contribution in [-0.2, 0) is 18.9 Å². The van der Waals surface area contributed by atoms with E-state index in [1.54, 1.807) is 0 Å². The predicted octanol–water partition coefficient (Wildman–Crippen LogP) is 3.51. The van der Waals surface area contributed by atoms with Gasteiger partial charge in [0, 0.05) is 30.6 Å². The second kappa shape index (κ2) is 4.68. The van der Waals surface area contributed by atoms with Crippen molar-refractivity contribution in [2.45, 2.75) is 44.4 Å². The number of para-hydroxylation sites is 1. The zero-order chi connectivity index (χ0) is 13.5. The first kappa shape index (κ1) is 12.7. The number of rotatable bonds is 3. The fourth-order valence-corrected chi connectivity index (χ4v) is 3.90. The van der Waals surface area contributed by atoms with E-state index in [-0.39, 0.29) is 5.41 Å². The van der Waals surface area contributed by atoms with E-state index in [0.29, 0.717) is 0 Å². The van der Waals surface area contributed by atoms with E-state index in [2.05, 4.69) is 42.9 Å². The van der Waals surface area contributed by atoms with Crippen LogP contribution in [-0.4, -0.2) is 11.1 Å². The second-order valence-corrected chi connectivity index (χ2v) is 6.01. The van der Waals surface area contributed by atoms with Crippen molar-refractivity contribution in [3.63, 3.8) is 0 Å². The van der Waals surface area contributed by atoms with Gasteiger partial charge in [-0.3, -0.25) is 0 Å². The van der Waals surface area contributed by atoms with Gasteiger partial charge in [0.1, 0.15) is 0 Å². The fraction of sp³-hybridized carbons (Fsp3) is 0.529. The fourth-order valence-electron chi connectivity index (χ4n) is 3.90. The Morgan fingerprint density at radius 1 is 1.26 bits per heavy atom. The zero-order valence-electron chi connectivity index (χ0n) is 12.1. The topological polar surface area (TPSA) is 30.9 Å². The van der Waals surface area contributed by atoms with Gasteiger partial charge in [-0.15, -0.1) is 0 Å². The normalized spacial score (nSPS) is 18.3. The molecule has 3 rings (SSSR count). The lowest BCUT2D eigenvalue weighted by atomic mass is 9.79. The standard InChI is InChI=1S/C17H24N2/c1-3-13-7-6-8-14-15(11-19(2)16(13)14)17(12-18)9-4-5-10-17/h6-8,11H,3-5,9-10,12,18H2,1-2H3. The van der Waals surface area contributed by atoms with Gasteiger partial charge in [0.25, 0.3) is 0 Å². The van der Waals surface area contributed by atoms with Gasteiger partial charge < -0.3 is 10.3 Å². The highest BCUT2D eigenvalue weighted by molar-refractivity contribution is 5.88. The minimum Gasteiger partial charge on any atom is -0.350 e. The Bertz CT molecular complexity index is 589. The monoisotopic (exact) mass is 256 g/mol. The van der Waals surface area contributed by atoms with Crippen LogP contribution in [0.25, 0.3) is 10.9 Å². The Kier molecular flexibility index (Phi) is 3.14. The Balaban J connectivity index is 2.25. The number of nitrogens with two attached hydrogens (primary N) is 1. The third kappa shape index (κ3) is 1.81. The average Bonchev–Trinajstić information content (AvgIpc) is 3.04. The Labute approximate surface area is 115 Å². The van der Waals surface area contributed by atoms with Gasteiger partial charge in [-0.05, 0) is 30.4 Å². The summed E-state index contributed by atoms with van der Waals surface area (Å²) in [5.41, 5.74) is 10.7. The molecule has 2 nitrogen and oxygen atoms in total. The van der Waals surface area contributed by atoms with Crippen LogP contribution < -0.4 is 5.73 Å². The molecule has 0 unspecified atom stereocenters. The van der Waals surface area contributed by atoms with Crippen LogP contribution >= 0.6 is 0 Å². The minimum atomic E-state index is 0.228. The highest BCUT2D eigenvalue weighted by Gasteiger charge is 2.36. The van der Waals surface area contributed by atoms with Gasteiger partial charge in [-0.25, -0.2) is 0 Å². The molecule has 1 heterocycles. The molecule has 2 aromatic rings. The number of aryl methyl sites for hydroxylation is 2. The van der Waals surface area contributed by atoms with E-state index in [0.717, 1.165) is 13.0 Å². The number of aromatic nitrogens is 1. The summed E-state index contributed by atoms with van der Waals surface area (Å²) in [5, 5.41) is 1.43. The van der Waals surface area contributed by atoms with Gasteiger partial charge in [0.05, 0.1) is 5.52 Å². The van der Waals surface area contributed by atoms with Crippen molar-refractivity contribution in [1.82, 2.24) is 4.57 Å². The summed E-state index contributed by atoms with van der Waals surface area (Å²) < 4.78 is 2.30. The summed E-state index contributed by atoms with van der Waals surface area (Å²) in [5.74, 6) is 0. The first-order valence-corrected chi connectivity index (χ1v) is 7.49. The predicted molar refractivity (Wildman–Crippen MR) is 81.5 cm³/mol. The third-order valence-corrected chi connectivity index (χ3v) is 4.99. The lowest BCUT2D eigenvalue weighted by Gasteiger charge is -2.27. The molecule has 2 heteroatoms. The molecule has 19 heavy (non-hydrogen) atoms. The van der Waals surface area contributed by atoms with Crippen LogP contribution in [0.4, 0.5) is 0 Å². The molecule has 1 fully saturated rings. The molecule has 0 bridgehead atoms. The molecule has 0 aliphatic heterocycles. The molecule has 0 spiro atoms. The van der Waals surface area contributed by atoms with Crippen LogP contribution in [0.5, 0.6) is 0 Å². The SMILES string of the molecule is CCc1cccc2c(C3(CN)CCCC3)cn(C)c12. The quantitative estimate of drug-likeness (QED) is 0.895. The van der Waals surface area contributed by atoms with E-state index in [4.69, 9.17) is 5.73 Å². The highest BCUT2D eigenvalue weighted by atomic mass is 14.9. The van der Waals surface area contributed by atoms with Gasteiger partial charge in [-0.2, -0.15) is 0 Å². The van der Waals surface area contributed by atoms with Crippen molar-refractivity contribution >= 4 is 10.9 Å². The number of nitrogens with zero attached hydrogens (tertiary/aromatic N) is 1. The summed E-state index contributed by atoms with van der Waals surface area (Å²) in [7, 11) is 2.17. The smallest absolute Gasteiger partial charge is 0.0513 e. The van der Waals surface area contributed by atoms with Gasteiger partial charge in [-0.1, -0.05) is 38.0 Å². The molecule has 1 aliphatic carbocycles. The highest BCUT2D eigenvalue weighted by Crippen LogP contribution is 2.44. The minimum absolute atomic E-state index is 0.228. The summed E-state index contributed by atoms with van der Waals surface area (Å²) >= 11 is 0. The summed E-state index contributed by atoms with van der Waals surface area (Å²) in [6.45, 7) is 3.01. The lowest BCUT2D eigenvalue weighted by molar-refractivity contribution is 0.456. The first-order valence-electron chi connectivity index (χ1n) is 7.49. The Morgan fingerprint density at radius 3 is 2.63 bits per heavy atom. The lowest BCUT2D eigenvalue weighted by Crippen LogP contribution is -2.31. The summed E-state index contributed by atoms with van der Waals surface area (Å²) in [4.78, 5) is 0. The van der Waals surface area contributed by atoms with Crippen molar-refractivity contribution in [3.8, 4) is 0 Å². The van der Waals surface area contributed by atoms with Crippen molar-refractivity contribution < 1.29 is 0 Å². The van der Waals surface area contributed by atoms with Crippen LogP contribution in [0, 0.1) is 0 Å². The molecule has 0 atom stereocenters. The zero-order valence-corrected chi connectivity index (χ0v) is 12.1. The molecule has 102 valence electrons. The number of fused-ring (bicyclic) bond motifs is 1. The molecule has 1 aromatic heterocycles. The molecule has 0 amide bonds. The van der Waals surface area contributed by atoms with Gasteiger partial charge >= 0.3 is 0 Å². The maximum Gasteiger partial charge on any atom is 0.0513 e. The molecule has 1 aliphatic rings. The number of hydrogen-bond donors (Lipinski definition) is 1. The maximum absolute atomic E-state index is 6.16. The molecule has 1 aromatic carbocycles. The van der Waals surface area contributed by atoms with E-state index in [9.17, 15) is 0 Å². The van der Waals surface area contributed by atoms with Crippen molar-refractivity contribution in [2.75, 3.05) is 6.54 Å². The molecular formula is C17H24N2. The summed E-state index contributed by atoms with van der Waals surface area (Å²) in [6, 6.07) is 6.72. The second-order valence-electron chi connectivity index (χ2n) is 6.01. The van der Waals surface area contributed by atoms with Crippen LogP contribution in [0.2, 0.25) is 0 Å². The van der Waals surface area contributed by atoms with Gasteiger partial charge in [0.15, 0.2) is 0 Å². The van der Waals surface area contributed by atoms with Crippen LogP contribution in [0.3, 0.4) is 0 Å². The number of benzene rings is 1. The molecule has 2 N–H and O–H groups in total. The van der Waals surface area contributed by atoms with Crippen molar-refractivity contribution in [1.29, 1.82) is 0 Å². The van der Waals surface area contributed by atoms with E-state index < -0.39 is 0 Å². The third-order valence-electron chi connectivity index (χ3n) is 4.99. The average molecular weight is 256 g/mol. The maximum atomic E-state index is 6.16. The van der Waals surface area contributed by atoms with Crippen LogP contribution in [0.1, 0.15) is 43.7 Å². The Morgan fingerprint density at radius 2 is 2.00 bits per heavy atom. The van der Waals surface area contributed by atoms with E-state index in [1.165, 1.54) is 47.7 Å². The molecule has 1 saturated carbocycles. The van der Waals surface area contributed by atoms with Gasteiger partial charge in [0.2, 0.25) is 0 Å². The summed E-state index contributed by atoms with van der Waals surface area (Å²) in [6.07, 6.45) is 8.56. The molecule has 0 radical (unpaired) electrons. The molecule has 0 saturated heterocycles. The first-order chi connectivity index (χ1) is 9.22. The Hall–Kier alpha value is -1.28. The largest absolute Gasteiger partial charge is 0.350 e. The van der Waals surface area contributed by atoms with Crippen LogP contribution in [0.15, 0.2) is 24.4 Å². The number of hydrogen-bond acceptors (Lipinski definition) is 1. The van der Waals surface area contributed by atoms with Crippen molar-refractivity contribution in [3.05, 3.63) is 35.5 Å². The van der Waals surface area contributed by atoms with E-state index in [1.807, 2.05) is 0 Å². The molecular weight excluding hydrogens is 232 g/mol. The van der Waals surface area contributed by atoms with Crippen molar-refractivity contribution in [2.24, 2.45) is 12.8 Å².